The third-order valence-electron chi connectivity index (χ3n) is 3.19. The van der Waals surface area contributed by atoms with Gasteiger partial charge >= 0.3 is 5.97 Å². The number of aryl methyl sites for hydroxylation is 1. The summed E-state index contributed by atoms with van der Waals surface area (Å²) >= 11 is 1.29. The summed E-state index contributed by atoms with van der Waals surface area (Å²) in [6.07, 6.45) is 0.925. The van der Waals surface area contributed by atoms with Crippen LogP contribution in [-0.4, -0.2) is 26.4 Å². The number of carboxylic acid groups (broad SMARTS) is 1. The summed E-state index contributed by atoms with van der Waals surface area (Å²) in [4.78, 5) is 15.9. The topological polar surface area (TPSA) is 54.6 Å². The molecular weight excluding hydrogens is 250 g/mol. The van der Waals surface area contributed by atoms with E-state index in [1.54, 1.807) is 18.5 Å². The number of thiazole rings is 1. The number of imidazole rings is 1. The Morgan fingerprint density at radius 3 is 2.82 bits per heavy atom. The SMILES string of the molecule is Cc1nc2sccn2c1C1(C(=O)O)CC1(F)F. The number of aliphatic carboxylic acids is 1. The Labute approximate surface area is 98.5 Å². The first kappa shape index (κ1) is 10.6. The minimum Gasteiger partial charge on any atom is -0.480 e. The molecule has 0 spiro atoms. The van der Waals surface area contributed by atoms with Crippen LogP contribution in [0.2, 0.25) is 0 Å². The first-order valence-corrected chi connectivity index (χ1v) is 5.82. The molecule has 1 N–H and O–H groups in total. The highest BCUT2D eigenvalue weighted by atomic mass is 32.1. The van der Waals surface area contributed by atoms with E-state index in [1.165, 1.54) is 15.7 Å². The number of halogens is 2. The average Bonchev–Trinajstić information content (AvgIpc) is 2.57. The van der Waals surface area contributed by atoms with Crippen molar-refractivity contribution in [3.8, 4) is 0 Å². The fourth-order valence-electron chi connectivity index (χ4n) is 2.29. The molecule has 17 heavy (non-hydrogen) atoms. The molecule has 2 aromatic heterocycles. The van der Waals surface area contributed by atoms with E-state index in [-0.39, 0.29) is 5.69 Å². The van der Waals surface area contributed by atoms with Gasteiger partial charge in [0, 0.05) is 18.0 Å². The highest BCUT2D eigenvalue weighted by Gasteiger charge is 2.79. The number of nitrogens with zero attached hydrogens (tertiary/aromatic N) is 2. The molecule has 1 aliphatic rings. The van der Waals surface area contributed by atoms with E-state index in [4.69, 9.17) is 5.11 Å². The zero-order valence-electron chi connectivity index (χ0n) is 8.78. The van der Waals surface area contributed by atoms with Gasteiger partial charge in [0.2, 0.25) is 0 Å². The summed E-state index contributed by atoms with van der Waals surface area (Å²) in [7, 11) is 0. The van der Waals surface area contributed by atoms with Crippen molar-refractivity contribution < 1.29 is 18.7 Å². The predicted molar refractivity (Wildman–Crippen MR) is 56.7 cm³/mol. The number of fused-ring (bicyclic) bond motifs is 1. The largest absolute Gasteiger partial charge is 0.480 e. The van der Waals surface area contributed by atoms with Crippen molar-refractivity contribution in [1.82, 2.24) is 9.38 Å². The molecule has 0 radical (unpaired) electrons. The van der Waals surface area contributed by atoms with Crippen molar-refractivity contribution >= 4 is 22.3 Å². The van der Waals surface area contributed by atoms with E-state index in [0.29, 0.717) is 10.7 Å². The molecule has 1 fully saturated rings. The molecule has 1 unspecified atom stereocenters. The standard InChI is InChI=1S/C10H8F2N2O2S/c1-5-6(14-2-3-17-8(14)13-5)9(7(15)16)4-10(9,11)12/h2-3H,4H2,1H3,(H,15,16). The van der Waals surface area contributed by atoms with Crippen molar-refractivity contribution in [2.24, 2.45) is 0 Å². The van der Waals surface area contributed by atoms with Crippen molar-refractivity contribution in [1.29, 1.82) is 0 Å². The molecule has 2 heterocycles. The molecule has 0 aliphatic heterocycles. The molecule has 7 heteroatoms. The Balaban J connectivity index is 2.31. The van der Waals surface area contributed by atoms with Crippen LogP contribution < -0.4 is 0 Å². The first-order valence-electron chi connectivity index (χ1n) is 4.94. The number of hydrogen-bond acceptors (Lipinski definition) is 3. The van der Waals surface area contributed by atoms with E-state index in [1.807, 2.05) is 0 Å². The van der Waals surface area contributed by atoms with E-state index < -0.39 is 23.7 Å². The summed E-state index contributed by atoms with van der Waals surface area (Å²) in [5.41, 5.74) is -1.64. The molecule has 3 rings (SSSR count). The number of hydrogen-bond donors (Lipinski definition) is 1. The third-order valence-corrected chi connectivity index (χ3v) is 3.95. The fraction of sp³-hybridized carbons (Fsp3) is 0.400. The van der Waals surface area contributed by atoms with E-state index >= 15 is 0 Å². The quantitative estimate of drug-likeness (QED) is 0.897. The highest BCUT2D eigenvalue weighted by Crippen LogP contribution is 2.62. The minimum absolute atomic E-state index is 0.103. The Morgan fingerprint density at radius 1 is 1.65 bits per heavy atom. The molecule has 4 nitrogen and oxygen atoms in total. The zero-order valence-corrected chi connectivity index (χ0v) is 9.59. The van der Waals surface area contributed by atoms with Crippen molar-refractivity contribution in [3.05, 3.63) is 23.0 Å². The van der Waals surface area contributed by atoms with E-state index in [2.05, 4.69) is 4.98 Å². The van der Waals surface area contributed by atoms with Gasteiger partial charge in [0.05, 0.1) is 11.4 Å². The lowest BCUT2D eigenvalue weighted by molar-refractivity contribution is -0.143. The number of carboxylic acids is 1. The number of aromatic nitrogens is 2. The summed E-state index contributed by atoms with van der Waals surface area (Å²) in [5, 5.41) is 10.8. The molecule has 2 aromatic rings. The van der Waals surface area contributed by atoms with Crippen LogP contribution in [0.3, 0.4) is 0 Å². The smallest absolute Gasteiger partial charge is 0.322 e. The number of carbonyl (C=O) groups is 1. The lowest BCUT2D eigenvalue weighted by atomic mass is 10.00. The lowest BCUT2D eigenvalue weighted by Gasteiger charge is -2.11. The summed E-state index contributed by atoms with van der Waals surface area (Å²) < 4.78 is 28.4. The van der Waals surface area contributed by atoms with Gasteiger partial charge in [-0.15, -0.1) is 11.3 Å². The molecule has 0 bridgehead atoms. The Hall–Kier alpha value is -1.50. The monoisotopic (exact) mass is 258 g/mol. The molecule has 1 aliphatic carbocycles. The Bertz CT molecular complexity index is 633. The maximum absolute atomic E-state index is 13.5. The second-order valence-corrected chi connectivity index (χ2v) is 5.07. The van der Waals surface area contributed by atoms with Crippen LogP contribution in [0.1, 0.15) is 17.8 Å². The van der Waals surface area contributed by atoms with Crippen LogP contribution in [0.15, 0.2) is 11.6 Å². The van der Waals surface area contributed by atoms with Gasteiger partial charge < -0.3 is 5.11 Å². The van der Waals surface area contributed by atoms with Gasteiger partial charge in [0.1, 0.15) is 0 Å². The van der Waals surface area contributed by atoms with Crippen LogP contribution in [0.25, 0.3) is 4.96 Å². The predicted octanol–water partition coefficient (Wildman–Crippen LogP) is 2.07. The van der Waals surface area contributed by atoms with Gasteiger partial charge in [-0.05, 0) is 6.92 Å². The maximum Gasteiger partial charge on any atom is 0.322 e. The molecule has 0 amide bonds. The van der Waals surface area contributed by atoms with E-state index in [0.717, 1.165) is 0 Å². The van der Waals surface area contributed by atoms with E-state index in [9.17, 15) is 13.6 Å². The third kappa shape index (κ3) is 1.09. The normalized spacial score (nSPS) is 26.3. The molecule has 0 aromatic carbocycles. The molecule has 0 saturated heterocycles. The Kier molecular flexibility index (Phi) is 1.78. The van der Waals surface area contributed by atoms with Crippen LogP contribution >= 0.6 is 11.3 Å². The zero-order chi connectivity index (χ0) is 12.4. The second-order valence-electron chi connectivity index (χ2n) is 4.19. The number of rotatable bonds is 2. The molecular formula is C10H8F2N2O2S. The second kappa shape index (κ2) is 2.84. The summed E-state index contributed by atoms with van der Waals surface area (Å²) in [5.74, 6) is -4.68. The van der Waals surface area contributed by atoms with Crippen LogP contribution in [-0.2, 0) is 10.2 Å². The average molecular weight is 258 g/mol. The van der Waals surface area contributed by atoms with Crippen LogP contribution in [0.4, 0.5) is 8.78 Å². The fourth-order valence-corrected chi connectivity index (χ4v) is 3.05. The van der Waals surface area contributed by atoms with Crippen LogP contribution in [0, 0.1) is 6.92 Å². The van der Waals surface area contributed by atoms with Crippen molar-refractivity contribution in [2.45, 2.75) is 24.7 Å². The Morgan fingerprint density at radius 2 is 2.29 bits per heavy atom. The first-order chi connectivity index (χ1) is 7.90. The van der Waals surface area contributed by atoms with Gasteiger partial charge in [-0.1, -0.05) is 0 Å². The molecule has 1 saturated carbocycles. The van der Waals surface area contributed by atoms with Gasteiger partial charge in [0.25, 0.3) is 5.92 Å². The molecule has 90 valence electrons. The van der Waals surface area contributed by atoms with Crippen molar-refractivity contribution in [3.63, 3.8) is 0 Å². The van der Waals surface area contributed by atoms with Gasteiger partial charge in [-0.2, -0.15) is 0 Å². The molecule has 1 atom stereocenters. The van der Waals surface area contributed by atoms with Gasteiger partial charge in [-0.25, -0.2) is 13.8 Å². The summed E-state index contributed by atoms with van der Waals surface area (Å²) in [6, 6.07) is 0. The minimum atomic E-state index is -3.19. The van der Waals surface area contributed by atoms with Gasteiger partial charge in [-0.3, -0.25) is 9.20 Å². The maximum atomic E-state index is 13.5. The number of alkyl halides is 2. The van der Waals surface area contributed by atoms with Crippen molar-refractivity contribution in [2.75, 3.05) is 0 Å². The summed E-state index contributed by atoms with van der Waals surface area (Å²) in [6.45, 7) is 1.56. The highest BCUT2D eigenvalue weighted by molar-refractivity contribution is 7.15. The lowest BCUT2D eigenvalue weighted by Crippen LogP contribution is -2.29. The van der Waals surface area contributed by atoms with Gasteiger partial charge in [0.15, 0.2) is 10.4 Å². The van der Waals surface area contributed by atoms with Crippen LogP contribution in [0.5, 0.6) is 0 Å².